The van der Waals surface area contributed by atoms with Crippen LogP contribution in [0.2, 0.25) is 10.0 Å². The van der Waals surface area contributed by atoms with E-state index in [1.807, 2.05) is 0 Å². The molecular weight excluding hydrogens is 351 g/mol. The van der Waals surface area contributed by atoms with Crippen molar-refractivity contribution in [1.29, 1.82) is 0 Å². The molecule has 0 bridgehead atoms. The van der Waals surface area contributed by atoms with Crippen LogP contribution in [0, 0.1) is 0 Å². The Labute approximate surface area is 148 Å². The van der Waals surface area contributed by atoms with Crippen LogP contribution in [0.15, 0.2) is 53.1 Å². The second kappa shape index (κ2) is 7.47. The summed E-state index contributed by atoms with van der Waals surface area (Å²) in [6, 6.07) is 14.0. The van der Waals surface area contributed by atoms with E-state index in [1.54, 1.807) is 48.5 Å². The van der Waals surface area contributed by atoms with Gasteiger partial charge < -0.3 is 9.26 Å². The molecule has 0 aliphatic rings. The maximum atomic E-state index is 11.8. The molecule has 0 N–H and O–H groups in total. The fourth-order valence-electron chi connectivity index (χ4n) is 1.99. The van der Waals surface area contributed by atoms with Gasteiger partial charge in [-0.1, -0.05) is 40.5 Å². The predicted octanol–water partition coefficient (Wildman–Crippen LogP) is 4.33. The van der Waals surface area contributed by atoms with Crippen LogP contribution in [-0.4, -0.2) is 16.1 Å². The van der Waals surface area contributed by atoms with Gasteiger partial charge in [0, 0.05) is 15.6 Å². The summed E-state index contributed by atoms with van der Waals surface area (Å²) in [5, 5.41) is 5.09. The number of hydrogen-bond donors (Lipinski definition) is 0. The normalized spacial score (nSPS) is 10.6. The van der Waals surface area contributed by atoms with Crippen molar-refractivity contribution in [3.05, 3.63) is 70.0 Å². The molecule has 122 valence electrons. The van der Waals surface area contributed by atoms with Gasteiger partial charge in [0.25, 0.3) is 5.89 Å². The molecule has 3 aromatic rings. The highest BCUT2D eigenvalue weighted by molar-refractivity contribution is 6.30. The number of halogens is 2. The molecule has 0 amide bonds. The SMILES string of the molecule is O=C(Cc1ccc(Cl)cc1)OCc1nc(-c2ccc(Cl)cc2)no1. The number of esters is 1. The number of hydrogen-bond acceptors (Lipinski definition) is 5. The van der Waals surface area contributed by atoms with Gasteiger partial charge >= 0.3 is 5.97 Å². The highest BCUT2D eigenvalue weighted by Gasteiger charge is 2.11. The van der Waals surface area contributed by atoms with Gasteiger partial charge in [-0.2, -0.15) is 4.98 Å². The summed E-state index contributed by atoms with van der Waals surface area (Å²) in [5.74, 6) is 0.253. The third-order valence-electron chi connectivity index (χ3n) is 3.19. The van der Waals surface area contributed by atoms with Crippen molar-refractivity contribution in [2.24, 2.45) is 0 Å². The summed E-state index contributed by atoms with van der Waals surface area (Å²) in [4.78, 5) is 16.0. The molecular formula is C17H12Cl2N2O3. The van der Waals surface area contributed by atoms with Crippen LogP contribution in [0.5, 0.6) is 0 Å². The van der Waals surface area contributed by atoms with Gasteiger partial charge in [0.2, 0.25) is 5.82 Å². The number of aromatic nitrogens is 2. The maximum Gasteiger partial charge on any atom is 0.310 e. The fourth-order valence-corrected chi connectivity index (χ4v) is 2.24. The lowest BCUT2D eigenvalue weighted by molar-refractivity contribution is -0.144. The molecule has 1 heterocycles. The summed E-state index contributed by atoms with van der Waals surface area (Å²) in [6.45, 7) is -0.0764. The minimum atomic E-state index is -0.386. The Morgan fingerprint density at radius 2 is 1.62 bits per heavy atom. The standard InChI is InChI=1S/C17H12Cl2N2O3/c18-13-5-1-11(2-6-13)9-16(22)23-10-15-20-17(21-24-15)12-3-7-14(19)8-4-12/h1-8H,9-10H2. The molecule has 0 spiro atoms. The highest BCUT2D eigenvalue weighted by atomic mass is 35.5. The number of carbonyl (C=O) groups is 1. The smallest absolute Gasteiger partial charge is 0.310 e. The lowest BCUT2D eigenvalue weighted by atomic mass is 10.2. The first-order valence-electron chi connectivity index (χ1n) is 7.09. The van der Waals surface area contributed by atoms with E-state index < -0.39 is 0 Å². The van der Waals surface area contributed by atoms with Crippen molar-refractivity contribution in [2.45, 2.75) is 13.0 Å². The molecule has 5 nitrogen and oxygen atoms in total. The molecule has 0 radical (unpaired) electrons. The van der Waals surface area contributed by atoms with Crippen molar-refractivity contribution >= 4 is 29.2 Å². The third kappa shape index (κ3) is 4.34. The maximum absolute atomic E-state index is 11.8. The Hall–Kier alpha value is -2.37. The predicted molar refractivity (Wildman–Crippen MR) is 89.7 cm³/mol. The van der Waals surface area contributed by atoms with Gasteiger partial charge in [0.15, 0.2) is 6.61 Å². The average molecular weight is 363 g/mol. The lowest BCUT2D eigenvalue weighted by Gasteiger charge is -2.02. The first-order valence-corrected chi connectivity index (χ1v) is 7.84. The minimum Gasteiger partial charge on any atom is -0.455 e. The Balaban J connectivity index is 1.56. The Morgan fingerprint density at radius 3 is 2.29 bits per heavy atom. The van der Waals surface area contributed by atoms with E-state index in [-0.39, 0.29) is 24.9 Å². The summed E-state index contributed by atoms with van der Waals surface area (Å²) in [5.41, 5.74) is 1.58. The van der Waals surface area contributed by atoms with E-state index >= 15 is 0 Å². The molecule has 0 saturated carbocycles. The zero-order valence-electron chi connectivity index (χ0n) is 12.4. The molecule has 3 rings (SSSR count). The Kier molecular flexibility index (Phi) is 5.13. The highest BCUT2D eigenvalue weighted by Crippen LogP contribution is 2.19. The molecule has 0 aliphatic heterocycles. The number of nitrogens with zero attached hydrogens (tertiary/aromatic N) is 2. The van der Waals surface area contributed by atoms with Crippen LogP contribution in [-0.2, 0) is 22.6 Å². The quantitative estimate of drug-likeness (QED) is 0.632. The largest absolute Gasteiger partial charge is 0.455 e. The first kappa shape index (κ1) is 16.5. The fraction of sp³-hybridized carbons (Fsp3) is 0.118. The lowest BCUT2D eigenvalue weighted by Crippen LogP contribution is -2.08. The van der Waals surface area contributed by atoms with Crippen LogP contribution < -0.4 is 0 Å². The van der Waals surface area contributed by atoms with Crippen LogP contribution >= 0.6 is 23.2 Å². The third-order valence-corrected chi connectivity index (χ3v) is 3.69. The minimum absolute atomic E-state index is 0.0764. The average Bonchev–Trinajstić information content (AvgIpc) is 3.05. The molecule has 24 heavy (non-hydrogen) atoms. The zero-order chi connectivity index (χ0) is 16.9. The van der Waals surface area contributed by atoms with E-state index in [2.05, 4.69) is 10.1 Å². The van der Waals surface area contributed by atoms with Crippen LogP contribution in [0.1, 0.15) is 11.5 Å². The first-order chi connectivity index (χ1) is 11.6. The van der Waals surface area contributed by atoms with Crippen molar-refractivity contribution in [1.82, 2.24) is 10.1 Å². The molecule has 7 heteroatoms. The Morgan fingerprint density at radius 1 is 1.00 bits per heavy atom. The summed E-state index contributed by atoms with van der Waals surface area (Å²) in [7, 11) is 0. The summed E-state index contributed by atoms with van der Waals surface area (Å²) < 4.78 is 10.2. The number of ether oxygens (including phenoxy) is 1. The number of carbonyl (C=O) groups excluding carboxylic acids is 1. The topological polar surface area (TPSA) is 65.2 Å². The summed E-state index contributed by atoms with van der Waals surface area (Å²) in [6.07, 6.45) is 0.148. The second-order valence-electron chi connectivity index (χ2n) is 4.98. The van der Waals surface area contributed by atoms with E-state index in [0.29, 0.717) is 15.9 Å². The molecule has 1 aromatic heterocycles. The molecule has 0 atom stereocenters. The van der Waals surface area contributed by atoms with Gasteiger partial charge in [-0.3, -0.25) is 4.79 Å². The molecule has 0 aliphatic carbocycles. The van der Waals surface area contributed by atoms with Crippen molar-refractivity contribution in [3.63, 3.8) is 0 Å². The second-order valence-corrected chi connectivity index (χ2v) is 5.86. The van der Waals surface area contributed by atoms with Crippen LogP contribution in [0.3, 0.4) is 0 Å². The van der Waals surface area contributed by atoms with E-state index in [1.165, 1.54) is 0 Å². The molecule has 2 aromatic carbocycles. The van der Waals surface area contributed by atoms with Crippen LogP contribution in [0.25, 0.3) is 11.4 Å². The molecule has 0 saturated heterocycles. The monoisotopic (exact) mass is 362 g/mol. The van der Waals surface area contributed by atoms with Crippen molar-refractivity contribution < 1.29 is 14.1 Å². The van der Waals surface area contributed by atoms with Crippen LogP contribution in [0.4, 0.5) is 0 Å². The van der Waals surface area contributed by atoms with Crippen molar-refractivity contribution in [2.75, 3.05) is 0 Å². The van der Waals surface area contributed by atoms with Crippen molar-refractivity contribution in [3.8, 4) is 11.4 Å². The van der Waals surface area contributed by atoms with E-state index in [4.69, 9.17) is 32.5 Å². The van der Waals surface area contributed by atoms with Gasteiger partial charge in [0.05, 0.1) is 6.42 Å². The summed E-state index contributed by atoms with van der Waals surface area (Å²) >= 11 is 11.6. The Bertz CT molecular complexity index is 830. The van der Waals surface area contributed by atoms with Gasteiger partial charge in [-0.05, 0) is 42.0 Å². The van der Waals surface area contributed by atoms with Gasteiger partial charge in [-0.15, -0.1) is 0 Å². The van der Waals surface area contributed by atoms with E-state index in [9.17, 15) is 4.79 Å². The number of rotatable bonds is 5. The van der Waals surface area contributed by atoms with Gasteiger partial charge in [0.1, 0.15) is 0 Å². The van der Waals surface area contributed by atoms with E-state index in [0.717, 1.165) is 11.1 Å². The molecule has 0 unspecified atom stereocenters. The van der Waals surface area contributed by atoms with Gasteiger partial charge in [-0.25, -0.2) is 0 Å². The number of benzene rings is 2. The zero-order valence-corrected chi connectivity index (χ0v) is 13.9. The molecule has 0 fully saturated rings.